The van der Waals surface area contributed by atoms with Crippen LogP contribution in [0, 0.1) is 23.7 Å². The molecule has 4 rings (SSSR count). The number of ether oxygens (including phenoxy) is 7. The minimum Gasteiger partial charge on any atom is -0.461 e. The first-order valence-corrected chi connectivity index (χ1v) is 41.4. The van der Waals surface area contributed by atoms with Crippen molar-refractivity contribution in [1.29, 1.82) is 0 Å². The SMILES string of the molecule is C/C=C(\C)[C@H]1OC(=O)[C@@H](C)NC(=O)[C@H](C(C)CC)NC(=O)CN(C)C(=O)[C@@H](Cc2ccc(OC(=O)CCCCOCCOCCOCCCCC(=O)OCc3ccc(NC(=O)[C@H](CCCNC(N)=O)NC(=O)[C@@H](NC(=O)CCCCCN4C(=O)C=CC4=O)C(C)C)cc3)cc2)N(C)C(=O)[C@H](C)NC(=O)[C@@H](CC(C)C)OC(=O)/C(C)=C/CC[C@@H]1C. The lowest BCUT2D eigenvalue weighted by atomic mass is 9.93. The Bertz CT molecular complexity index is 3770. The second-order valence-corrected chi connectivity index (χ2v) is 31.1. The minimum absolute atomic E-state index is 0.00899. The number of amides is 12. The van der Waals surface area contributed by atoms with E-state index in [-0.39, 0.29) is 111 Å². The molecule has 2 heterocycles. The predicted octanol–water partition coefficient (Wildman–Crippen LogP) is 6.80. The highest BCUT2D eigenvalue weighted by Crippen LogP contribution is 2.25. The van der Waals surface area contributed by atoms with Crippen LogP contribution in [-0.2, 0) is 109 Å². The number of benzene rings is 2. The number of hydrogen-bond acceptors (Lipinski definition) is 22. The van der Waals surface area contributed by atoms with Crippen LogP contribution in [0.4, 0.5) is 10.5 Å². The molecule has 2 aromatic rings. The summed E-state index contributed by atoms with van der Waals surface area (Å²) in [4.78, 5) is 202. The van der Waals surface area contributed by atoms with Crippen molar-refractivity contribution in [2.24, 2.45) is 29.4 Å². The summed E-state index contributed by atoms with van der Waals surface area (Å²) in [5.74, 6) is -8.88. The van der Waals surface area contributed by atoms with Crippen LogP contribution in [0.2, 0.25) is 0 Å². The van der Waals surface area contributed by atoms with Crippen LogP contribution in [0.15, 0.2) is 84.0 Å². The number of nitrogens with two attached hydrogens (primary N) is 1. The van der Waals surface area contributed by atoms with Gasteiger partial charge in [0.1, 0.15) is 54.7 Å². The summed E-state index contributed by atoms with van der Waals surface area (Å²) in [5, 5.41) is 18.9. The van der Waals surface area contributed by atoms with Crippen molar-refractivity contribution < 1.29 is 105 Å². The highest BCUT2D eigenvalue weighted by Gasteiger charge is 2.38. The van der Waals surface area contributed by atoms with E-state index in [2.05, 4.69) is 37.2 Å². The molecule has 0 saturated heterocycles. The Morgan fingerprint density at radius 3 is 1.87 bits per heavy atom. The first-order valence-electron chi connectivity index (χ1n) is 41.4. The number of imide groups is 1. The van der Waals surface area contributed by atoms with Crippen molar-refractivity contribution in [3.63, 3.8) is 0 Å². The molecule has 0 aromatic heterocycles. The van der Waals surface area contributed by atoms with E-state index in [1.165, 1.54) is 45.0 Å². The Morgan fingerprint density at radius 2 is 1.27 bits per heavy atom. The van der Waals surface area contributed by atoms with E-state index < -0.39 is 132 Å². The van der Waals surface area contributed by atoms with E-state index in [0.717, 1.165) is 15.4 Å². The first-order chi connectivity index (χ1) is 56.5. The summed E-state index contributed by atoms with van der Waals surface area (Å²) in [5.41, 5.74) is 7.82. The number of nitrogens with one attached hydrogen (secondary N) is 7. The van der Waals surface area contributed by atoms with Gasteiger partial charge in [0.2, 0.25) is 41.4 Å². The summed E-state index contributed by atoms with van der Waals surface area (Å²) < 4.78 is 39.8. The zero-order valence-corrected chi connectivity index (χ0v) is 71.8. The Balaban J connectivity index is 1.19. The predicted molar refractivity (Wildman–Crippen MR) is 442 cm³/mol. The Morgan fingerprint density at radius 1 is 0.672 bits per heavy atom. The molecule has 33 nitrogen and oxygen atoms in total. The summed E-state index contributed by atoms with van der Waals surface area (Å²) >= 11 is 0. The highest BCUT2D eigenvalue weighted by atomic mass is 16.6. The number of nitrogens with zero attached hydrogens (tertiary/aromatic N) is 3. The minimum atomic E-state index is -1.28. The molecule has 1 unspecified atom stereocenters. The second-order valence-electron chi connectivity index (χ2n) is 31.1. The van der Waals surface area contributed by atoms with Crippen LogP contribution >= 0.6 is 0 Å². The third kappa shape index (κ3) is 37.6. The molecule has 119 heavy (non-hydrogen) atoms. The van der Waals surface area contributed by atoms with Crippen molar-refractivity contribution in [1.82, 2.24) is 46.6 Å². The van der Waals surface area contributed by atoms with Gasteiger partial charge in [-0.1, -0.05) is 97.7 Å². The van der Waals surface area contributed by atoms with Gasteiger partial charge in [0.25, 0.3) is 17.7 Å². The summed E-state index contributed by atoms with van der Waals surface area (Å²) in [6, 6.07) is 5.42. The Hall–Kier alpha value is -10.4. The van der Waals surface area contributed by atoms with Gasteiger partial charge in [-0.2, -0.15) is 0 Å². The number of carbonyl (C=O) groups excluding carboxylic acids is 15. The first kappa shape index (κ1) is 101. The fourth-order valence-electron chi connectivity index (χ4n) is 12.7. The number of primary amides is 1. The zero-order valence-electron chi connectivity index (χ0n) is 71.8. The number of hydrogen-bond donors (Lipinski definition) is 8. The third-order valence-electron chi connectivity index (χ3n) is 20.2. The third-order valence-corrected chi connectivity index (χ3v) is 20.2. The van der Waals surface area contributed by atoms with Crippen LogP contribution in [0.3, 0.4) is 0 Å². The maximum absolute atomic E-state index is 14.7. The maximum atomic E-state index is 14.7. The molecular weight excluding hydrogens is 1540 g/mol. The van der Waals surface area contributed by atoms with E-state index in [1.807, 2.05) is 47.6 Å². The molecule has 0 radical (unpaired) electrons. The van der Waals surface area contributed by atoms with Crippen molar-refractivity contribution in [3.05, 3.63) is 95.1 Å². The number of esters is 4. The van der Waals surface area contributed by atoms with Crippen LogP contribution in [0.5, 0.6) is 5.75 Å². The molecule has 0 bridgehead atoms. The normalized spacial score (nSPS) is 20.5. The standard InChI is InChI=1S/C86H129N11O22/c1-15-56(7)76-81(107)90-61(12)85(111)119-77(57(8)16-2)58(9)26-24-27-59(10)84(110)118-68(50-54(3)4)79(105)89-60(11)82(108)96(14)67(83(109)95(13)52-70(99)94-76)51-62-34-38-65(39-35-62)117-74(103)31-20-23-45-114-47-49-115-48-46-113-44-22-19-30-73(102)116-53-63-32-36-64(37-33-63)91-78(104)66(28-25-42-88-86(87)112)92-80(106)75(55(5)6)93-69(98)29-18-17-21-43-97-71(100)40-41-72(97)101/h16,27,32-41,54-56,58,60-61,66-68,75-77H,15,17-26,28-31,42-53H2,1-14H3,(H,89,105)(H,90,107)(H,91,104)(H,92,106)(H,93,98)(H,94,99)(H3,87,88,112)/b57-16+,59-27+/t56?,58-,60-,61+,66-,67+,68+,75-,76-,77+/m0/s1. The van der Waals surface area contributed by atoms with Crippen LogP contribution in [0.25, 0.3) is 0 Å². The zero-order chi connectivity index (χ0) is 88.3. The Kier molecular flexibility index (Phi) is 45.7. The lowest BCUT2D eigenvalue weighted by Gasteiger charge is -2.33. The molecule has 0 aliphatic carbocycles. The smallest absolute Gasteiger partial charge is 0.334 e. The summed E-state index contributed by atoms with van der Waals surface area (Å²) in [6.07, 6.45) is 9.80. The quantitative estimate of drug-likeness (QED) is 0.00845. The number of rotatable bonds is 42. The topological polar surface area (TPSA) is 441 Å². The van der Waals surface area contributed by atoms with E-state index in [4.69, 9.17) is 38.9 Å². The summed E-state index contributed by atoms with van der Waals surface area (Å²) in [6.45, 7) is 22.7. The van der Waals surface area contributed by atoms with Crippen molar-refractivity contribution in [2.75, 3.05) is 78.7 Å². The Labute approximate surface area is 699 Å². The van der Waals surface area contributed by atoms with Gasteiger partial charge < -0.3 is 85.9 Å². The van der Waals surface area contributed by atoms with Crippen molar-refractivity contribution in [3.8, 4) is 5.75 Å². The number of allylic oxidation sites excluding steroid dienone is 2. The number of likely N-dealkylation sites (N-methyl/N-ethyl adjacent to an activating group) is 2. The fraction of sp³-hybridized carbons (Fsp3) is 0.616. The second kappa shape index (κ2) is 53.9. The number of cyclic esters (lactones) is 2. The van der Waals surface area contributed by atoms with Crippen molar-refractivity contribution >= 4 is 94.7 Å². The number of carbonyl (C=O) groups is 15. The number of anilines is 1. The molecular formula is C86H129N11O22. The molecule has 10 atom stereocenters. The largest absolute Gasteiger partial charge is 0.461 e. The van der Waals surface area contributed by atoms with Crippen LogP contribution < -0.4 is 47.7 Å². The van der Waals surface area contributed by atoms with Crippen LogP contribution in [-0.4, -0.2) is 226 Å². The van der Waals surface area contributed by atoms with Gasteiger partial charge in [-0.05, 0) is 170 Å². The van der Waals surface area contributed by atoms with Gasteiger partial charge in [-0.25, -0.2) is 14.4 Å². The lowest BCUT2D eigenvalue weighted by molar-refractivity contribution is -0.154. The molecule has 2 aliphatic rings. The van der Waals surface area contributed by atoms with Gasteiger partial charge in [-0.3, -0.25) is 62.4 Å². The average molecular weight is 1670 g/mol. The van der Waals surface area contributed by atoms with E-state index in [9.17, 15) is 71.9 Å². The molecule has 660 valence electrons. The molecule has 2 aliphatic heterocycles. The molecule has 0 saturated carbocycles. The van der Waals surface area contributed by atoms with Gasteiger partial charge in [-0.15, -0.1) is 0 Å². The van der Waals surface area contributed by atoms with E-state index in [0.29, 0.717) is 121 Å². The number of unbranched alkanes of at least 4 members (excludes halogenated alkanes) is 4. The van der Waals surface area contributed by atoms with Crippen molar-refractivity contribution in [2.45, 2.75) is 247 Å². The van der Waals surface area contributed by atoms with Crippen LogP contribution in [0.1, 0.15) is 197 Å². The molecule has 2 aromatic carbocycles. The van der Waals surface area contributed by atoms with E-state index in [1.54, 1.807) is 82.3 Å². The van der Waals surface area contributed by atoms with Gasteiger partial charge in [0, 0.05) is 89.5 Å². The fourth-order valence-corrected chi connectivity index (χ4v) is 12.7. The molecule has 9 N–H and O–H groups in total. The van der Waals surface area contributed by atoms with E-state index >= 15 is 0 Å². The van der Waals surface area contributed by atoms with Gasteiger partial charge >= 0.3 is 29.9 Å². The maximum Gasteiger partial charge on any atom is 0.334 e. The van der Waals surface area contributed by atoms with Gasteiger partial charge in [0.15, 0.2) is 6.10 Å². The number of urea groups is 1. The molecule has 33 heteroatoms. The monoisotopic (exact) mass is 1670 g/mol. The summed E-state index contributed by atoms with van der Waals surface area (Å²) in [7, 11) is 2.76. The lowest BCUT2D eigenvalue weighted by Crippen LogP contribution is -2.57. The average Bonchev–Trinajstić information content (AvgIpc) is 0.984. The molecule has 0 spiro atoms. The molecule has 0 fully saturated rings. The molecule has 12 amide bonds. The highest BCUT2D eigenvalue weighted by molar-refractivity contribution is 6.13. The van der Waals surface area contributed by atoms with Gasteiger partial charge in [0.05, 0.1) is 33.0 Å².